The van der Waals surface area contributed by atoms with Crippen LogP contribution in [0.15, 0.2) is 24.3 Å². The van der Waals surface area contributed by atoms with E-state index in [0.29, 0.717) is 12.3 Å². The fourth-order valence-electron chi connectivity index (χ4n) is 1.84. The molecule has 0 radical (unpaired) electrons. The van der Waals surface area contributed by atoms with Crippen molar-refractivity contribution in [3.63, 3.8) is 0 Å². The molecule has 21 heavy (non-hydrogen) atoms. The van der Waals surface area contributed by atoms with Crippen LogP contribution in [0.5, 0.6) is 5.75 Å². The number of carbonyl (C=O) groups is 1. The predicted molar refractivity (Wildman–Crippen MR) is 79.7 cm³/mol. The zero-order valence-corrected chi connectivity index (χ0v) is 12.9. The molecule has 0 atom stereocenters. The van der Waals surface area contributed by atoms with Gasteiger partial charge >= 0.3 is 0 Å². The number of aliphatic hydroxyl groups is 1. The average Bonchev–Trinajstić information content (AvgIpc) is 2.93. The number of hydrogen-bond acceptors (Lipinski definition) is 6. The van der Waals surface area contributed by atoms with E-state index in [0.717, 1.165) is 16.9 Å². The number of para-hydroxylation sites is 1. The number of carbonyl (C=O) groups excluding carboxylic acids is 1. The van der Waals surface area contributed by atoms with Crippen LogP contribution in [0.2, 0.25) is 4.47 Å². The van der Waals surface area contributed by atoms with Gasteiger partial charge in [0.2, 0.25) is 9.47 Å². The van der Waals surface area contributed by atoms with Gasteiger partial charge in [0.25, 0.3) is 5.91 Å². The van der Waals surface area contributed by atoms with E-state index in [-0.39, 0.29) is 28.5 Å². The second kappa shape index (κ2) is 7.35. The molecule has 0 fully saturated rings. The Balaban J connectivity index is 2.21. The second-order valence-electron chi connectivity index (χ2n) is 4.12. The van der Waals surface area contributed by atoms with Gasteiger partial charge in [0.15, 0.2) is 0 Å². The van der Waals surface area contributed by atoms with Crippen molar-refractivity contribution < 1.29 is 14.6 Å². The maximum absolute atomic E-state index is 12.4. The van der Waals surface area contributed by atoms with Gasteiger partial charge in [0, 0.05) is 18.7 Å². The van der Waals surface area contributed by atoms with Crippen molar-refractivity contribution in [3.05, 3.63) is 39.3 Å². The highest BCUT2D eigenvalue weighted by Crippen LogP contribution is 2.22. The zero-order valence-electron chi connectivity index (χ0n) is 11.3. The molecule has 112 valence electrons. The Labute approximate surface area is 130 Å². The van der Waals surface area contributed by atoms with Gasteiger partial charge < -0.3 is 14.7 Å². The third-order valence-electron chi connectivity index (χ3n) is 2.79. The van der Waals surface area contributed by atoms with Crippen LogP contribution in [-0.4, -0.2) is 46.4 Å². The SMILES string of the molecule is COc1ccccc1CN(CCO)C(=O)c1nnc(Cl)s1. The third kappa shape index (κ3) is 3.90. The number of hydrogen-bond donors (Lipinski definition) is 1. The number of rotatable bonds is 6. The van der Waals surface area contributed by atoms with Gasteiger partial charge in [0.05, 0.1) is 13.7 Å². The van der Waals surface area contributed by atoms with Crippen molar-refractivity contribution in [3.8, 4) is 5.75 Å². The van der Waals surface area contributed by atoms with Crippen molar-refractivity contribution in [1.29, 1.82) is 0 Å². The van der Waals surface area contributed by atoms with E-state index in [9.17, 15) is 4.79 Å². The third-order valence-corrected chi connectivity index (χ3v) is 3.80. The Morgan fingerprint density at radius 1 is 1.43 bits per heavy atom. The highest BCUT2D eigenvalue weighted by Gasteiger charge is 2.21. The van der Waals surface area contributed by atoms with E-state index in [1.54, 1.807) is 7.11 Å². The summed E-state index contributed by atoms with van der Waals surface area (Å²) in [5.74, 6) is 0.364. The highest BCUT2D eigenvalue weighted by molar-refractivity contribution is 7.17. The molecule has 0 spiro atoms. The smallest absolute Gasteiger partial charge is 0.285 e. The molecule has 6 nitrogen and oxygen atoms in total. The van der Waals surface area contributed by atoms with E-state index >= 15 is 0 Å². The first kappa shape index (κ1) is 15.7. The molecule has 0 aliphatic carbocycles. The number of ether oxygens (including phenoxy) is 1. The summed E-state index contributed by atoms with van der Waals surface area (Å²) in [7, 11) is 1.57. The van der Waals surface area contributed by atoms with Crippen molar-refractivity contribution in [2.45, 2.75) is 6.54 Å². The first-order valence-electron chi connectivity index (χ1n) is 6.16. The molecule has 0 saturated carbocycles. The fraction of sp³-hybridized carbons (Fsp3) is 0.308. The van der Waals surface area contributed by atoms with Gasteiger partial charge in [0.1, 0.15) is 5.75 Å². The minimum absolute atomic E-state index is 0.145. The van der Waals surface area contributed by atoms with Gasteiger partial charge in [-0.2, -0.15) is 0 Å². The molecular formula is C13H14ClN3O3S. The van der Waals surface area contributed by atoms with E-state index in [1.807, 2.05) is 24.3 Å². The lowest BCUT2D eigenvalue weighted by Gasteiger charge is -2.21. The van der Waals surface area contributed by atoms with Crippen molar-refractivity contribution in [2.75, 3.05) is 20.3 Å². The summed E-state index contributed by atoms with van der Waals surface area (Å²) < 4.78 is 5.47. The highest BCUT2D eigenvalue weighted by atomic mass is 35.5. The van der Waals surface area contributed by atoms with E-state index in [4.69, 9.17) is 21.4 Å². The number of halogens is 1. The number of aliphatic hydroxyl groups excluding tert-OH is 1. The molecule has 0 unspecified atom stereocenters. The average molecular weight is 328 g/mol. The van der Waals surface area contributed by atoms with Gasteiger partial charge in [-0.15, -0.1) is 10.2 Å². The van der Waals surface area contributed by atoms with Crippen LogP contribution in [0.25, 0.3) is 0 Å². The minimum Gasteiger partial charge on any atom is -0.496 e. The summed E-state index contributed by atoms with van der Waals surface area (Å²) >= 11 is 6.71. The fourth-order valence-corrected chi connectivity index (χ4v) is 2.64. The summed E-state index contributed by atoms with van der Waals surface area (Å²) in [5.41, 5.74) is 0.845. The van der Waals surface area contributed by atoms with Crippen molar-refractivity contribution in [1.82, 2.24) is 15.1 Å². The standard InChI is InChI=1S/C13H14ClN3O3S/c1-20-10-5-3-2-4-9(10)8-17(6-7-18)12(19)11-15-16-13(14)21-11/h2-5,18H,6-8H2,1H3. The number of nitrogens with zero attached hydrogens (tertiary/aromatic N) is 3. The molecule has 1 aromatic heterocycles. The molecule has 1 amide bonds. The Hall–Kier alpha value is -1.70. The van der Waals surface area contributed by atoms with Gasteiger partial charge in [-0.25, -0.2) is 0 Å². The molecule has 8 heteroatoms. The van der Waals surface area contributed by atoms with Crippen LogP contribution in [0.1, 0.15) is 15.4 Å². The lowest BCUT2D eigenvalue weighted by atomic mass is 10.2. The first-order valence-corrected chi connectivity index (χ1v) is 7.36. The topological polar surface area (TPSA) is 75.6 Å². The van der Waals surface area contributed by atoms with Crippen LogP contribution in [0, 0.1) is 0 Å². The van der Waals surface area contributed by atoms with Crippen molar-refractivity contribution in [2.24, 2.45) is 0 Å². The summed E-state index contributed by atoms with van der Waals surface area (Å²) in [6.45, 7) is 0.349. The van der Waals surface area contributed by atoms with E-state index in [1.165, 1.54) is 4.90 Å². The predicted octanol–water partition coefficient (Wildman–Crippen LogP) is 1.83. The lowest BCUT2D eigenvalue weighted by Crippen LogP contribution is -2.33. The van der Waals surface area contributed by atoms with E-state index in [2.05, 4.69) is 10.2 Å². The largest absolute Gasteiger partial charge is 0.496 e. The molecule has 0 aliphatic heterocycles. The number of aromatic nitrogens is 2. The summed E-state index contributed by atoms with van der Waals surface area (Å²) in [6.07, 6.45) is 0. The van der Waals surface area contributed by atoms with Gasteiger partial charge in [-0.3, -0.25) is 4.79 Å². The molecule has 1 N–H and O–H groups in total. The molecule has 1 heterocycles. The normalized spacial score (nSPS) is 10.4. The first-order chi connectivity index (χ1) is 10.2. The summed E-state index contributed by atoms with van der Waals surface area (Å²) in [6, 6.07) is 7.40. The maximum Gasteiger partial charge on any atom is 0.285 e. The Kier molecular flexibility index (Phi) is 5.49. The molecule has 2 aromatic rings. The molecule has 2 rings (SSSR count). The Morgan fingerprint density at radius 3 is 2.81 bits per heavy atom. The minimum atomic E-state index is -0.320. The Morgan fingerprint density at radius 2 is 2.19 bits per heavy atom. The van der Waals surface area contributed by atoms with Crippen LogP contribution >= 0.6 is 22.9 Å². The van der Waals surface area contributed by atoms with E-state index < -0.39 is 0 Å². The quantitative estimate of drug-likeness (QED) is 0.876. The van der Waals surface area contributed by atoms with Crippen LogP contribution in [-0.2, 0) is 6.54 Å². The molecule has 1 aromatic carbocycles. The zero-order chi connectivity index (χ0) is 15.2. The number of amides is 1. The molecule has 0 aliphatic rings. The molecule has 0 saturated heterocycles. The van der Waals surface area contributed by atoms with Crippen LogP contribution in [0.4, 0.5) is 0 Å². The summed E-state index contributed by atoms with van der Waals surface area (Å²) in [5, 5.41) is 16.7. The summed E-state index contributed by atoms with van der Waals surface area (Å²) in [4.78, 5) is 13.9. The molecule has 0 bridgehead atoms. The maximum atomic E-state index is 12.4. The number of methoxy groups -OCH3 is 1. The van der Waals surface area contributed by atoms with Crippen molar-refractivity contribution >= 4 is 28.8 Å². The second-order valence-corrected chi connectivity index (χ2v) is 5.68. The lowest BCUT2D eigenvalue weighted by molar-refractivity contribution is 0.0705. The number of benzene rings is 1. The Bertz CT molecular complexity index is 620. The van der Waals surface area contributed by atoms with Gasteiger partial charge in [-0.05, 0) is 17.7 Å². The van der Waals surface area contributed by atoms with Crippen LogP contribution < -0.4 is 4.74 Å². The molecular weight excluding hydrogens is 314 g/mol. The monoisotopic (exact) mass is 327 g/mol. The van der Waals surface area contributed by atoms with Crippen LogP contribution in [0.3, 0.4) is 0 Å². The van der Waals surface area contributed by atoms with Gasteiger partial charge in [-0.1, -0.05) is 29.5 Å².